The number of unbranched alkanes of at least 4 members (excludes halogenated alkanes) is 52. The Balaban J connectivity index is 4.12. The molecule has 0 bridgehead atoms. The third-order valence-electron chi connectivity index (χ3n) is 16.9. The van der Waals surface area contributed by atoms with Crippen LogP contribution in [0.5, 0.6) is 0 Å². The van der Waals surface area contributed by atoms with Gasteiger partial charge in [-0.25, -0.2) is 0 Å². The minimum atomic E-state index is -0.773. The van der Waals surface area contributed by atoms with Crippen molar-refractivity contribution in [1.82, 2.24) is 0 Å². The summed E-state index contributed by atoms with van der Waals surface area (Å²) >= 11 is 0. The van der Waals surface area contributed by atoms with Gasteiger partial charge >= 0.3 is 17.9 Å². The Morgan fingerprint density at radius 2 is 0.439 bits per heavy atom. The lowest BCUT2D eigenvalue weighted by Crippen LogP contribution is -2.30. The molecule has 0 rings (SSSR count). The molecule has 0 aromatic carbocycles. The van der Waals surface area contributed by atoms with Crippen LogP contribution in [0.3, 0.4) is 0 Å². The maximum atomic E-state index is 12.9. The lowest BCUT2D eigenvalue weighted by Gasteiger charge is -2.18. The van der Waals surface area contributed by atoms with Gasteiger partial charge in [0.2, 0.25) is 0 Å². The van der Waals surface area contributed by atoms with Crippen molar-refractivity contribution in [3.8, 4) is 0 Å². The molecule has 0 aromatic rings. The molecule has 0 aliphatic rings. The zero-order valence-electron chi connectivity index (χ0n) is 55.5. The molecule has 6 heteroatoms. The lowest BCUT2D eigenvalue weighted by atomic mass is 10.0. The molecule has 0 aromatic heterocycles. The zero-order valence-corrected chi connectivity index (χ0v) is 55.5. The Morgan fingerprint density at radius 1 is 0.244 bits per heavy atom. The first-order valence-electron chi connectivity index (χ1n) is 37.0. The third kappa shape index (κ3) is 68.4. The summed E-state index contributed by atoms with van der Waals surface area (Å²) < 4.78 is 17.0. The van der Waals surface area contributed by atoms with Gasteiger partial charge in [0, 0.05) is 19.3 Å². The Hall–Kier alpha value is -2.37. The molecule has 0 aliphatic heterocycles. The van der Waals surface area contributed by atoms with Gasteiger partial charge in [0.05, 0.1) is 0 Å². The highest BCUT2D eigenvalue weighted by molar-refractivity contribution is 5.71. The van der Waals surface area contributed by atoms with Crippen molar-refractivity contribution >= 4 is 17.9 Å². The third-order valence-corrected chi connectivity index (χ3v) is 16.9. The predicted octanol–water partition coefficient (Wildman–Crippen LogP) is 25.5. The number of carbonyl (C=O) groups excluding carboxylic acids is 3. The topological polar surface area (TPSA) is 78.9 Å². The number of hydrogen-bond donors (Lipinski definition) is 0. The molecule has 0 saturated heterocycles. The van der Waals surface area contributed by atoms with E-state index >= 15 is 0 Å². The highest BCUT2D eigenvalue weighted by Gasteiger charge is 2.19. The predicted molar refractivity (Wildman–Crippen MR) is 358 cm³/mol. The number of allylic oxidation sites excluding steroid dienone is 6. The maximum absolute atomic E-state index is 12.9. The molecule has 0 spiro atoms. The highest BCUT2D eigenvalue weighted by Crippen LogP contribution is 2.19. The van der Waals surface area contributed by atoms with E-state index in [2.05, 4.69) is 57.2 Å². The van der Waals surface area contributed by atoms with Crippen molar-refractivity contribution in [2.75, 3.05) is 13.2 Å². The Kier molecular flexibility index (Phi) is 69.1. The number of ether oxygens (including phenoxy) is 3. The van der Waals surface area contributed by atoms with Crippen LogP contribution in [-0.2, 0) is 28.6 Å². The van der Waals surface area contributed by atoms with Crippen LogP contribution in [0.15, 0.2) is 36.5 Å². The van der Waals surface area contributed by atoms with Crippen molar-refractivity contribution in [2.24, 2.45) is 0 Å². The van der Waals surface area contributed by atoms with Gasteiger partial charge in [-0.15, -0.1) is 0 Å². The molecule has 82 heavy (non-hydrogen) atoms. The molecule has 0 amide bonds. The summed E-state index contributed by atoms with van der Waals surface area (Å²) in [6.45, 7) is 6.70. The van der Waals surface area contributed by atoms with E-state index in [0.29, 0.717) is 19.3 Å². The second-order valence-electron chi connectivity index (χ2n) is 25.2. The van der Waals surface area contributed by atoms with Crippen molar-refractivity contribution in [3.63, 3.8) is 0 Å². The van der Waals surface area contributed by atoms with Crippen LogP contribution >= 0.6 is 0 Å². The van der Waals surface area contributed by atoms with Crippen LogP contribution in [0, 0.1) is 0 Å². The van der Waals surface area contributed by atoms with E-state index in [1.165, 1.54) is 302 Å². The van der Waals surface area contributed by atoms with Crippen LogP contribution in [0.25, 0.3) is 0 Å². The summed E-state index contributed by atoms with van der Waals surface area (Å²) in [5.41, 5.74) is 0. The van der Waals surface area contributed by atoms with Crippen LogP contribution in [0.4, 0.5) is 0 Å². The quantitative estimate of drug-likeness (QED) is 0.0261. The minimum absolute atomic E-state index is 0.0688. The SMILES string of the molecule is CCCCCCC/C=C\C/C=C\CCCCCCCCCCCCCCCCCCCCCCCC(=O)OCC(COC(=O)CCCCCCCCCCCCCCCCC)OC(=O)CCCCCCC/C=C\CCCCCCCCC. The van der Waals surface area contributed by atoms with Gasteiger partial charge in [0.1, 0.15) is 13.2 Å². The molecular weight excluding hydrogens is 1010 g/mol. The van der Waals surface area contributed by atoms with E-state index in [1.807, 2.05) is 0 Å². The van der Waals surface area contributed by atoms with E-state index in [9.17, 15) is 14.4 Å². The number of rotatable bonds is 69. The van der Waals surface area contributed by atoms with E-state index < -0.39 is 6.10 Å². The standard InChI is InChI=1S/C76H142O6/c1-4-7-10-13-16-19-22-25-28-30-31-32-33-34-35-36-37-38-39-40-41-42-43-44-45-46-49-51-54-57-60-63-66-69-75(78)81-72-73(71-80-74(77)68-65-62-59-56-53-50-47-27-24-21-18-15-12-9-6-3)82-76(79)70-67-64-61-58-55-52-48-29-26-23-20-17-14-11-8-5-2/h22,25,29-31,48,73H,4-21,23-24,26-28,32-47,49-72H2,1-3H3/b25-22-,31-30-,48-29-. The van der Waals surface area contributed by atoms with Gasteiger partial charge < -0.3 is 14.2 Å². The molecule has 0 fully saturated rings. The molecule has 1 unspecified atom stereocenters. The smallest absolute Gasteiger partial charge is 0.306 e. The Labute approximate surface area is 512 Å². The maximum Gasteiger partial charge on any atom is 0.306 e. The summed E-state index contributed by atoms with van der Waals surface area (Å²) in [5, 5.41) is 0. The van der Waals surface area contributed by atoms with Gasteiger partial charge in [-0.3, -0.25) is 14.4 Å². The Morgan fingerprint density at radius 3 is 0.683 bits per heavy atom. The van der Waals surface area contributed by atoms with Gasteiger partial charge in [-0.05, 0) is 77.0 Å². The summed E-state index contributed by atoms with van der Waals surface area (Å²) in [4.78, 5) is 38.4. The van der Waals surface area contributed by atoms with Gasteiger partial charge in [0.25, 0.3) is 0 Å². The van der Waals surface area contributed by atoms with Crippen molar-refractivity contribution in [1.29, 1.82) is 0 Å². The average Bonchev–Trinajstić information content (AvgIpc) is 3.47. The Bertz CT molecular complexity index is 1370. The molecule has 0 N–H and O–H groups in total. The summed E-state index contributed by atoms with van der Waals surface area (Å²) in [5.74, 6) is -0.845. The largest absolute Gasteiger partial charge is 0.462 e. The molecule has 482 valence electrons. The molecule has 1 atom stereocenters. The fraction of sp³-hybridized carbons (Fsp3) is 0.882. The number of hydrogen-bond acceptors (Lipinski definition) is 6. The first-order valence-corrected chi connectivity index (χ1v) is 37.0. The summed E-state index contributed by atoms with van der Waals surface area (Å²) in [6, 6.07) is 0. The monoisotopic (exact) mass is 1150 g/mol. The van der Waals surface area contributed by atoms with Crippen LogP contribution in [0.2, 0.25) is 0 Å². The van der Waals surface area contributed by atoms with Gasteiger partial charge in [0.15, 0.2) is 6.10 Å². The fourth-order valence-electron chi connectivity index (χ4n) is 11.3. The number of esters is 3. The summed E-state index contributed by atoms with van der Waals surface area (Å²) in [7, 11) is 0. The van der Waals surface area contributed by atoms with Gasteiger partial charge in [-0.1, -0.05) is 353 Å². The second kappa shape index (κ2) is 71.1. The molecular formula is C76H142O6. The highest BCUT2D eigenvalue weighted by atomic mass is 16.6. The first-order chi connectivity index (χ1) is 40.5. The van der Waals surface area contributed by atoms with Crippen molar-refractivity contribution in [3.05, 3.63) is 36.5 Å². The second-order valence-corrected chi connectivity index (χ2v) is 25.2. The molecule has 6 nitrogen and oxygen atoms in total. The van der Waals surface area contributed by atoms with E-state index in [4.69, 9.17) is 14.2 Å². The van der Waals surface area contributed by atoms with E-state index in [0.717, 1.165) is 70.6 Å². The van der Waals surface area contributed by atoms with Gasteiger partial charge in [-0.2, -0.15) is 0 Å². The van der Waals surface area contributed by atoms with E-state index in [-0.39, 0.29) is 31.1 Å². The van der Waals surface area contributed by atoms with Crippen molar-refractivity contribution < 1.29 is 28.6 Å². The normalized spacial score (nSPS) is 12.2. The summed E-state index contributed by atoms with van der Waals surface area (Å²) in [6.07, 6.45) is 89.1. The van der Waals surface area contributed by atoms with Crippen molar-refractivity contribution in [2.45, 2.75) is 419 Å². The fourth-order valence-corrected chi connectivity index (χ4v) is 11.3. The van der Waals surface area contributed by atoms with Crippen LogP contribution < -0.4 is 0 Å². The minimum Gasteiger partial charge on any atom is -0.462 e. The lowest BCUT2D eigenvalue weighted by molar-refractivity contribution is -0.167. The molecule has 0 heterocycles. The molecule has 0 radical (unpaired) electrons. The average molecular weight is 1150 g/mol. The number of carbonyl (C=O) groups is 3. The molecule has 0 aliphatic carbocycles. The first kappa shape index (κ1) is 79.6. The molecule has 0 saturated carbocycles. The van der Waals surface area contributed by atoms with E-state index in [1.54, 1.807) is 0 Å². The van der Waals surface area contributed by atoms with Crippen LogP contribution in [0.1, 0.15) is 412 Å². The zero-order chi connectivity index (χ0) is 59.2. The van der Waals surface area contributed by atoms with Crippen LogP contribution in [-0.4, -0.2) is 37.2 Å².